The molecule has 0 aliphatic heterocycles. The van der Waals surface area contributed by atoms with E-state index in [2.05, 4.69) is 26.7 Å². The summed E-state index contributed by atoms with van der Waals surface area (Å²) in [6.45, 7) is 4.30. The number of para-hydroxylation sites is 1. The number of aryl methyl sites for hydroxylation is 1. The summed E-state index contributed by atoms with van der Waals surface area (Å²) in [6.07, 6.45) is 9.56. The summed E-state index contributed by atoms with van der Waals surface area (Å²) in [4.78, 5) is 36.9. The fraction of sp³-hybridized carbons (Fsp3) is 0.367. The highest BCUT2D eigenvalue weighted by atomic mass is 32.1. The van der Waals surface area contributed by atoms with Gasteiger partial charge in [0, 0.05) is 52.2 Å². The van der Waals surface area contributed by atoms with Crippen LogP contribution in [0.3, 0.4) is 0 Å². The van der Waals surface area contributed by atoms with Crippen LogP contribution in [0.2, 0.25) is 0 Å². The maximum absolute atomic E-state index is 14.0. The largest absolute Gasteiger partial charge is 0.361 e. The van der Waals surface area contributed by atoms with Crippen LogP contribution in [0.1, 0.15) is 64.8 Å². The van der Waals surface area contributed by atoms with Crippen molar-refractivity contribution < 1.29 is 9.59 Å². The number of H-pyrrole nitrogens is 1. The van der Waals surface area contributed by atoms with E-state index in [1.54, 1.807) is 0 Å². The van der Waals surface area contributed by atoms with E-state index >= 15 is 0 Å². The van der Waals surface area contributed by atoms with E-state index in [0.29, 0.717) is 17.8 Å². The quantitative estimate of drug-likeness (QED) is 0.283. The SMILES string of the molecule is Cc1ccc(C(=O)N[C@@](C)(Cc2c[nH]c3ccccc23)C(=O)NCC2(c3ccccn3)CCCCC2)s1. The lowest BCUT2D eigenvalue weighted by molar-refractivity contribution is -0.127. The number of fused-ring (bicyclic) bond motifs is 1. The normalized spacial score (nSPS) is 16.7. The number of carbonyl (C=O) groups excluding carboxylic acids is 2. The Labute approximate surface area is 221 Å². The molecule has 3 N–H and O–H groups in total. The smallest absolute Gasteiger partial charge is 0.262 e. The average Bonchev–Trinajstić information content (AvgIpc) is 3.54. The van der Waals surface area contributed by atoms with Crippen molar-refractivity contribution in [3.8, 4) is 0 Å². The highest BCUT2D eigenvalue weighted by Gasteiger charge is 2.40. The van der Waals surface area contributed by atoms with Gasteiger partial charge < -0.3 is 15.6 Å². The molecule has 0 spiro atoms. The van der Waals surface area contributed by atoms with E-state index in [1.165, 1.54) is 17.8 Å². The monoisotopic (exact) mass is 514 g/mol. The van der Waals surface area contributed by atoms with Crippen LogP contribution in [0.4, 0.5) is 0 Å². The van der Waals surface area contributed by atoms with Crippen molar-refractivity contribution in [1.29, 1.82) is 0 Å². The molecule has 6 nitrogen and oxygen atoms in total. The zero-order chi connectivity index (χ0) is 25.9. The molecule has 1 aromatic carbocycles. The van der Waals surface area contributed by atoms with Gasteiger partial charge >= 0.3 is 0 Å². The van der Waals surface area contributed by atoms with Crippen LogP contribution < -0.4 is 10.6 Å². The molecule has 1 aliphatic carbocycles. The second kappa shape index (κ2) is 10.5. The second-order valence-electron chi connectivity index (χ2n) is 10.5. The third-order valence-electron chi connectivity index (χ3n) is 7.68. The second-order valence-corrected chi connectivity index (χ2v) is 11.8. The maximum atomic E-state index is 14.0. The molecule has 2 amide bonds. The summed E-state index contributed by atoms with van der Waals surface area (Å²) < 4.78 is 0. The van der Waals surface area contributed by atoms with Gasteiger partial charge in [-0.05, 0) is 62.6 Å². The number of aromatic amines is 1. The summed E-state index contributed by atoms with van der Waals surface area (Å²) >= 11 is 1.43. The molecule has 37 heavy (non-hydrogen) atoms. The minimum atomic E-state index is -1.14. The zero-order valence-corrected chi connectivity index (χ0v) is 22.3. The van der Waals surface area contributed by atoms with Crippen LogP contribution in [0.5, 0.6) is 0 Å². The molecule has 192 valence electrons. The lowest BCUT2D eigenvalue weighted by atomic mass is 9.71. The number of benzene rings is 1. The number of carbonyl (C=O) groups is 2. The molecule has 0 radical (unpaired) electrons. The number of aromatic nitrogens is 2. The van der Waals surface area contributed by atoms with E-state index in [-0.39, 0.29) is 17.2 Å². The third-order valence-corrected chi connectivity index (χ3v) is 8.68. The Morgan fingerprint density at radius 1 is 1.05 bits per heavy atom. The zero-order valence-electron chi connectivity index (χ0n) is 21.5. The molecule has 3 heterocycles. The van der Waals surface area contributed by atoms with Gasteiger partial charge in [-0.3, -0.25) is 14.6 Å². The first kappa shape index (κ1) is 25.2. The topological polar surface area (TPSA) is 86.9 Å². The molecule has 1 fully saturated rings. The molecular weight excluding hydrogens is 480 g/mol. The predicted molar refractivity (Wildman–Crippen MR) is 149 cm³/mol. The number of nitrogens with zero attached hydrogens (tertiary/aromatic N) is 1. The Kier molecular flexibility index (Phi) is 7.15. The molecule has 5 rings (SSSR count). The first-order chi connectivity index (χ1) is 17.9. The van der Waals surface area contributed by atoms with Crippen LogP contribution in [-0.4, -0.2) is 33.9 Å². The van der Waals surface area contributed by atoms with E-state index in [0.717, 1.165) is 52.7 Å². The molecule has 7 heteroatoms. The summed E-state index contributed by atoms with van der Waals surface area (Å²) in [5.41, 5.74) is 1.71. The number of hydrogen-bond acceptors (Lipinski definition) is 4. The van der Waals surface area contributed by atoms with Crippen LogP contribution in [0.15, 0.2) is 67.0 Å². The van der Waals surface area contributed by atoms with Gasteiger partial charge in [-0.25, -0.2) is 0 Å². The van der Waals surface area contributed by atoms with Gasteiger partial charge in [0.2, 0.25) is 5.91 Å². The average molecular weight is 515 g/mol. The van der Waals surface area contributed by atoms with E-state index < -0.39 is 5.54 Å². The van der Waals surface area contributed by atoms with Gasteiger partial charge in [0.1, 0.15) is 5.54 Å². The van der Waals surface area contributed by atoms with Crippen LogP contribution in [-0.2, 0) is 16.6 Å². The van der Waals surface area contributed by atoms with Gasteiger partial charge in [-0.15, -0.1) is 11.3 Å². The van der Waals surface area contributed by atoms with Gasteiger partial charge in [0.25, 0.3) is 5.91 Å². The highest BCUT2D eigenvalue weighted by Crippen LogP contribution is 2.38. The number of thiophene rings is 1. The number of rotatable bonds is 8. The van der Waals surface area contributed by atoms with Crippen molar-refractivity contribution in [3.05, 3.63) is 88.0 Å². The molecular formula is C30H34N4O2S. The van der Waals surface area contributed by atoms with Crippen molar-refractivity contribution in [3.63, 3.8) is 0 Å². The van der Waals surface area contributed by atoms with Crippen molar-refractivity contribution in [2.24, 2.45) is 0 Å². The Hall–Kier alpha value is -3.45. The number of amides is 2. The van der Waals surface area contributed by atoms with E-state index in [1.807, 2.05) is 74.8 Å². The Balaban J connectivity index is 1.42. The first-order valence-corrected chi connectivity index (χ1v) is 13.8. The summed E-state index contributed by atoms with van der Waals surface area (Å²) in [5.74, 6) is -0.409. The Bertz CT molecular complexity index is 1390. The Morgan fingerprint density at radius 2 is 1.84 bits per heavy atom. The van der Waals surface area contributed by atoms with Gasteiger partial charge in [0.15, 0.2) is 0 Å². The summed E-state index contributed by atoms with van der Waals surface area (Å²) in [5, 5.41) is 7.41. The molecule has 0 bridgehead atoms. The van der Waals surface area contributed by atoms with Gasteiger partial charge in [-0.2, -0.15) is 0 Å². The maximum Gasteiger partial charge on any atom is 0.262 e. The van der Waals surface area contributed by atoms with Crippen molar-refractivity contribution in [1.82, 2.24) is 20.6 Å². The van der Waals surface area contributed by atoms with Crippen LogP contribution in [0, 0.1) is 6.92 Å². The van der Waals surface area contributed by atoms with E-state index in [9.17, 15) is 9.59 Å². The lowest BCUT2D eigenvalue weighted by Gasteiger charge is -2.38. The minimum absolute atomic E-state index is 0.180. The molecule has 0 saturated heterocycles. The fourth-order valence-corrected chi connectivity index (χ4v) is 6.34. The van der Waals surface area contributed by atoms with Crippen LogP contribution >= 0.6 is 11.3 Å². The van der Waals surface area contributed by atoms with Crippen molar-refractivity contribution in [2.45, 2.75) is 63.3 Å². The van der Waals surface area contributed by atoms with Gasteiger partial charge in [-0.1, -0.05) is 43.5 Å². The lowest BCUT2D eigenvalue weighted by Crippen LogP contribution is -2.59. The first-order valence-electron chi connectivity index (χ1n) is 13.0. The van der Waals surface area contributed by atoms with Gasteiger partial charge in [0.05, 0.1) is 4.88 Å². The standard InChI is InChI=1S/C30H34N4O2S/c1-21-13-14-25(37-21)27(35)34-29(2,18-22-19-32-24-11-5-4-10-23(22)24)28(36)33-20-30(15-7-3-8-16-30)26-12-6-9-17-31-26/h4-6,9-14,17,19,32H,3,7-8,15-16,18,20H2,1-2H3,(H,33,36)(H,34,35)/t29-/m0/s1. The predicted octanol–water partition coefficient (Wildman–Crippen LogP) is 5.68. The highest BCUT2D eigenvalue weighted by molar-refractivity contribution is 7.13. The molecule has 1 aliphatic rings. The third kappa shape index (κ3) is 5.32. The van der Waals surface area contributed by atoms with Crippen LogP contribution in [0.25, 0.3) is 10.9 Å². The van der Waals surface area contributed by atoms with Crippen molar-refractivity contribution in [2.75, 3.05) is 6.54 Å². The number of pyridine rings is 1. The molecule has 4 aromatic rings. The van der Waals surface area contributed by atoms with E-state index in [4.69, 9.17) is 0 Å². The number of hydrogen-bond donors (Lipinski definition) is 3. The molecule has 0 unspecified atom stereocenters. The molecule has 3 aromatic heterocycles. The van der Waals surface area contributed by atoms with Crippen molar-refractivity contribution >= 4 is 34.1 Å². The number of nitrogens with one attached hydrogen (secondary N) is 3. The molecule has 1 atom stereocenters. The fourth-order valence-electron chi connectivity index (χ4n) is 5.58. The minimum Gasteiger partial charge on any atom is -0.361 e. The summed E-state index contributed by atoms with van der Waals surface area (Å²) in [6, 6.07) is 17.8. The molecule has 1 saturated carbocycles. The Morgan fingerprint density at radius 3 is 2.57 bits per heavy atom. The summed E-state index contributed by atoms with van der Waals surface area (Å²) in [7, 11) is 0.